The first kappa shape index (κ1) is 14.1. The van der Waals surface area contributed by atoms with Crippen LogP contribution in [0.3, 0.4) is 0 Å². The Morgan fingerprint density at radius 2 is 2.22 bits per heavy atom. The molecule has 98 valence electrons. The van der Waals surface area contributed by atoms with E-state index in [9.17, 15) is 9.90 Å². The molecular formula is C13H15ClINO2. The van der Waals surface area contributed by atoms with E-state index in [1.54, 1.807) is 12.1 Å². The second-order valence-corrected chi connectivity index (χ2v) is 6.80. The van der Waals surface area contributed by atoms with E-state index in [-0.39, 0.29) is 23.5 Å². The van der Waals surface area contributed by atoms with Crippen molar-refractivity contribution < 1.29 is 9.90 Å². The number of aliphatic hydroxyl groups is 1. The summed E-state index contributed by atoms with van der Waals surface area (Å²) in [5.41, 5.74) is 0.292. The largest absolute Gasteiger partial charge is 0.392 e. The number of carbonyl (C=O) groups is 1. The molecule has 0 heterocycles. The number of rotatable bonds is 2. The Bertz CT molecular complexity index is 490. The average Bonchev–Trinajstić information content (AvgIpc) is 2.32. The van der Waals surface area contributed by atoms with E-state index in [4.69, 9.17) is 11.6 Å². The van der Waals surface area contributed by atoms with Gasteiger partial charge in [0.15, 0.2) is 0 Å². The fourth-order valence-electron chi connectivity index (χ4n) is 2.03. The van der Waals surface area contributed by atoms with Crippen molar-refractivity contribution >= 4 is 40.1 Å². The molecule has 2 N–H and O–H groups in total. The number of nitrogens with one attached hydrogen (secondary N) is 1. The minimum atomic E-state index is -0.344. The lowest BCUT2D eigenvalue weighted by Gasteiger charge is -2.49. The van der Waals surface area contributed by atoms with E-state index in [1.807, 2.05) is 19.9 Å². The van der Waals surface area contributed by atoms with E-state index in [2.05, 4.69) is 27.9 Å². The predicted molar refractivity (Wildman–Crippen MR) is 79.8 cm³/mol. The third kappa shape index (κ3) is 2.51. The van der Waals surface area contributed by atoms with Gasteiger partial charge in [-0.05, 0) is 47.2 Å². The van der Waals surface area contributed by atoms with Gasteiger partial charge < -0.3 is 10.4 Å². The van der Waals surface area contributed by atoms with Gasteiger partial charge in [-0.25, -0.2) is 0 Å². The first-order chi connectivity index (χ1) is 8.32. The number of aliphatic hydroxyl groups excluding tert-OH is 1. The lowest BCUT2D eigenvalue weighted by Crippen LogP contribution is -2.61. The molecule has 2 atom stereocenters. The summed E-state index contributed by atoms with van der Waals surface area (Å²) in [6, 6.07) is 5.25. The van der Waals surface area contributed by atoms with Gasteiger partial charge in [0.25, 0.3) is 5.91 Å². The topological polar surface area (TPSA) is 49.3 Å². The van der Waals surface area contributed by atoms with Crippen LogP contribution in [0.25, 0.3) is 0 Å². The van der Waals surface area contributed by atoms with Gasteiger partial charge in [-0.3, -0.25) is 4.79 Å². The Balaban J connectivity index is 2.07. The summed E-state index contributed by atoms with van der Waals surface area (Å²) < 4.78 is 0.921. The van der Waals surface area contributed by atoms with Crippen molar-refractivity contribution in [3.05, 3.63) is 32.4 Å². The highest BCUT2D eigenvalue weighted by atomic mass is 127. The summed E-state index contributed by atoms with van der Waals surface area (Å²) >= 11 is 8.11. The molecule has 2 rings (SSSR count). The van der Waals surface area contributed by atoms with Gasteiger partial charge in [0, 0.05) is 20.6 Å². The number of benzene rings is 1. The predicted octanol–water partition coefficient (Wildman–Crippen LogP) is 2.83. The highest BCUT2D eigenvalue weighted by molar-refractivity contribution is 14.1. The SMILES string of the molecule is CC1(C)C(O)CC1NC(=O)c1ccc(I)c(Cl)c1. The molecule has 1 aromatic rings. The van der Waals surface area contributed by atoms with Crippen LogP contribution in [0, 0.1) is 8.99 Å². The summed E-state index contributed by atoms with van der Waals surface area (Å²) in [4.78, 5) is 12.1. The Morgan fingerprint density at radius 3 is 2.72 bits per heavy atom. The average molecular weight is 380 g/mol. The minimum Gasteiger partial charge on any atom is -0.392 e. The maximum Gasteiger partial charge on any atom is 0.251 e. The lowest BCUT2D eigenvalue weighted by molar-refractivity contribution is -0.0689. The molecule has 1 aromatic carbocycles. The molecule has 0 spiro atoms. The summed E-state index contributed by atoms with van der Waals surface area (Å²) in [5.74, 6) is -0.140. The standard InChI is InChI=1S/C13H15ClINO2/c1-13(2)10(6-11(13)17)16-12(18)7-3-4-9(15)8(14)5-7/h3-5,10-11,17H,6H2,1-2H3,(H,16,18). The fourth-order valence-corrected chi connectivity index (χ4v) is 2.54. The monoisotopic (exact) mass is 379 g/mol. The van der Waals surface area contributed by atoms with E-state index in [0.29, 0.717) is 17.0 Å². The summed E-state index contributed by atoms with van der Waals surface area (Å²) in [6.07, 6.45) is 0.264. The third-order valence-corrected chi connectivity index (χ3v) is 5.28. The minimum absolute atomic E-state index is 0.0121. The molecule has 2 unspecified atom stereocenters. The van der Waals surface area contributed by atoms with Gasteiger partial charge in [-0.1, -0.05) is 25.4 Å². The van der Waals surface area contributed by atoms with E-state index in [0.717, 1.165) is 3.57 Å². The second kappa shape index (κ2) is 4.98. The molecule has 1 saturated carbocycles. The van der Waals surface area contributed by atoms with Crippen LogP contribution in [0.1, 0.15) is 30.6 Å². The number of hydrogen-bond acceptors (Lipinski definition) is 2. The first-order valence-electron chi connectivity index (χ1n) is 5.76. The van der Waals surface area contributed by atoms with Crippen molar-refractivity contribution in [3.8, 4) is 0 Å². The van der Waals surface area contributed by atoms with Crippen LogP contribution >= 0.6 is 34.2 Å². The van der Waals surface area contributed by atoms with Gasteiger partial charge in [0.05, 0.1) is 11.1 Å². The van der Waals surface area contributed by atoms with Gasteiger partial charge in [-0.2, -0.15) is 0 Å². The Labute approximate surface area is 125 Å². The fraction of sp³-hybridized carbons (Fsp3) is 0.462. The zero-order valence-electron chi connectivity index (χ0n) is 10.2. The summed E-state index contributed by atoms with van der Waals surface area (Å²) in [7, 11) is 0. The Morgan fingerprint density at radius 1 is 1.56 bits per heavy atom. The Hall–Kier alpha value is -0.330. The van der Waals surface area contributed by atoms with Crippen molar-refractivity contribution in [2.24, 2.45) is 5.41 Å². The van der Waals surface area contributed by atoms with Gasteiger partial charge in [-0.15, -0.1) is 0 Å². The quantitative estimate of drug-likeness (QED) is 0.776. The van der Waals surface area contributed by atoms with E-state index in [1.165, 1.54) is 0 Å². The highest BCUT2D eigenvalue weighted by Gasteiger charge is 2.47. The van der Waals surface area contributed by atoms with E-state index >= 15 is 0 Å². The molecule has 18 heavy (non-hydrogen) atoms. The molecule has 0 aliphatic heterocycles. The van der Waals surface area contributed by atoms with Crippen LogP contribution in [-0.4, -0.2) is 23.2 Å². The molecule has 1 aliphatic rings. The molecule has 5 heteroatoms. The zero-order chi connectivity index (χ0) is 13.5. The maximum absolute atomic E-state index is 12.1. The summed E-state index contributed by atoms with van der Waals surface area (Å²) in [6.45, 7) is 3.90. The van der Waals surface area contributed by atoms with Crippen LogP contribution in [0.15, 0.2) is 18.2 Å². The van der Waals surface area contributed by atoms with Crippen molar-refractivity contribution in [2.45, 2.75) is 32.4 Å². The zero-order valence-corrected chi connectivity index (χ0v) is 13.1. The maximum atomic E-state index is 12.1. The lowest BCUT2D eigenvalue weighted by atomic mass is 9.64. The van der Waals surface area contributed by atoms with Gasteiger partial charge >= 0.3 is 0 Å². The van der Waals surface area contributed by atoms with Crippen LogP contribution < -0.4 is 5.32 Å². The smallest absolute Gasteiger partial charge is 0.251 e. The molecule has 0 aromatic heterocycles. The number of amides is 1. The van der Waals surface area contributed by atoms with Crippen LogP contribution in [0.4, 0.5) is 0 Å². The molecule has 0 radical (unpaired) electrons. The number of carbonyl (C=O) groups excluding carboxylic acids is 1. The summed E-state index contributed by atoms with van der Waals surface area (Å²) in [5, 5.41) is 13.2. The molecular weight excluding hydrogens is 365 g/mol. The second-order valence-electron chi connectivity index (χ2n) is 5.23. The molecule has 0 saturated heterocycles. The van der Waals surface area contributed by atoms with Crippen LogP contribution in [0.5, 0.6) is 0 Å². The van der Waals surface area contributed by atoms with Crippen molar-refractivity contribution in [2.75, 3.05) is 0 Å². The molecule has 3 nitrogen and oxygen atoms in total. The number of hydrogen-bond donors (Lipinski definition) is 2. The van der Waals surface area contributed by atoms with E-state index < -0.39 is 0 Å². The van der Waals surface area contributed by atoms with Crippen molar-refractivity contribution in [1.82, 2.24) is 5.32 Å². The highest BCUT2D eigenvalue weighted by Crippen LogP contribution is 2.40. The van der Waals surface area contributed by atoms with Crippen molar-refractivity contribution in [3.63, 3.8) is 0 Å². The van der Waals surface area contributed by atoms with Gasteiger partial charge in [0.1, 0.15) is 0 Å². The van der Waals surface area contributed by atoms with Gasteiger partial charge in [0.2, 0.25) is 0 Å². The third-order valence-electron chi connectivity index (χ3n) is 3.70. The number of halogens is 2. The first-order valence-corrected chi connectivity index (χ1v) is 7.22. The van der Waals surface area contributed by atoms with Crippen LogP contribution in [0.2, 0.25) is 5.02 Å². The molecule has 1 fully saturated rings. The van der Waals surface area contributed by atoms with Crippen LogP contribution in [-0.2, 0) is 0 Å². The normalized spacial score (nSPS) is 25.4. The molecule has 1 amide bonds. The molecule has 1 aliphatic carbocycles. The Kier molecular flexibility index (Phi) is 3.90. The van der Waals surface area contributed by atoms with Crippen molar-refractivity contribution in [1.29, 1.82) is 0 Å². The molecule has 0 bridgehead atoms.